The van der Waals surface area contributed by atoms with Crippen LogP contribution in [-0.4, -0.2) is 74.6 Å². The summed E-state index contributed by atoms with van der Waals surface area (Å²) in [4.78, 5) is 7.37. The Kier molecular flexibility index (Phi) is 19.6. The fourth-order valence-electron chi connectivity index (χ4n) is 6.40. The molecule has 2 saturated carbocycles. The van der Waals surface area contributed by atoms with Gasteiger partial charge in [0.05, 0.1) is 0 Å². The van der Waals surface area contributed by atoms with Crippen molar-refractivity contribution in [2.45, 2.75) is 126 Å². The highest BCUT2D eigenvalue weighted by Crippen LogP contribution is 2.40. The van der Waals surface area contributed by atoms with Gasteiger partial charge in [0, 0.05) is 13.1 Å². The van der Waals surface area contributed by atoms with Crippen molar-refractivity contribution in [2.75, 3.05) is 59.9 Å². The molecule has 5 rings (SSSR count). The lowest BCUT2D eigenvalue weighted by molar-refractivity contribution is 0.192. The van der Waals surface area contributed by atoms with Crippen LogP contribution in [0.1, 0.15) is 126 Å². The molecule has 3 aliphatic heterocycles. The first-order valence-corrected chi connectivity index (χ1v) is 17.2. The maximum absolute atomic E-state index is 2.54. The molecule has 3 heterocycles. The third-order valence-electron chi connectivity index (χ3n) is 10.1. The molecule has 0 radical (unpaired) electrons. The lowest BCUT2D eigenvalue weighted by Gasteiger charge is -2.29. The summed E-state index contributed by atoms with van der Waals surface area (Å²) >= 11 is 0. The lowest BCUT2D eigenvalue weighted by Crippen LogP contribution is -2.33. The highest BCUT2D eigenvalue weighted by atomic mass is 15.1. The number of rotatable bonds is 4. The summed E-state index contributed by atoms with van der Waals surface area (Å²) in [5.41, 5.74) is 0. The summed E-state index contributed by atoms with van der Waals surface area (Å²) in [5, 5.41) is 0. The van der Waals surface area contributed by atoms with Gasteiger partial charge in [0.1, 0.15) is 0 Å². The summed E-state index contributed by atoms with van der Waals surface area (Å²) in [5.74, 6) is 7.24. The van der Waals surface area contributed by atoms with Crippen LogP contribution in [0.15, 0.2) is 0 Å². The Bertz CT molecular complexity index is 515. The SMILES string of the molecule is CC1CCCN(C)C1.CCC1CC1C.CCC1CC1C.CCC1CCN(C)CC1.CCN1CCCC(C)C1. The average molecular weight is 536 g/mol. The van der Waals surface area contributed by atoms with Crippen molar-refractivity contribution in [3.8, 4) is 0 Å². The van der Waals surface area contributed by atoms with Crippen LogP contribution in [0.2, 0.25) is 0 Å². The summed E-state index contributed by atoms with van der Waals surface area (Å²) < 4.78 is 0. The van der Waals surface area contributed by atoms with Crippen LogP contribution in [0.3, 0.4) is 0 Å². The van der Waals surface area contributed by atoms with Gasteiger partial charge in [0.2, 0.25) is 0 Å². The van der Waals surface area contributed by atoms with Crippen molar-refractivity contribution in [2.24, 2.45) is 41.4 Å². The van der Waals surface area contributed by atoms with Crippen LogP contribution >= 0.6 is 0 Å². The highest BCUT2D eigenvalue weighted by molar-refractivity contribution is 4.80. The molecule has 2 aliphatic carbocycles. The van der Waals surface area contributed by atoms with Gasteiger partial charge < -0.3 is 14.7 Å². The molecule has 0 aromatic heterocycles. The normalized spacial score (nSPS) is 33.6. The minimum atomic E-state index is 0.939. The van der Waals surface area contributed by atoms with Crippen LogP contribution in [0.5, 0.6) is 0 Å². The third kappa shape index (κ3) is 17.5. The zero-order valence-corrected chi connectivity index (χ0v) is 28.1. The van der Waals surface area contributed by atoms with Crippen molar-refractivity contribution in [1.82, 2.24) is 14.7 Å². The predicted octanol–water partition coefficient (Wildman–Crippen LogP) is 8.93. The molecule has 0 N–H and O–H groups in total. The first-order valence-electron chi connectivity index (χ1n) is 17.2. The second-order valence-corrected chi connectivity index (χ2v) is 14.1. The van der Waals surface area contributed by atoms with Crippen LogP contribution in [0.25, 0.3) is 0 Å². The van der Waals surface area contributed by atoms with Gasteiger partial charge in [-0.1, -0.05) is 74.7 Å². The molecule has 0 amide bonds. The Morgan fingerprint density at radius 2 is 1.03 bits per heavy atom. The summed E-state index contributed by atoms with van der Waals surface area (Å²) in [6, 6.07) is 0. The van der Waals surface area contributed by atoms with Crippen LogP contribution in [0.4, 0.5) is 0 Å². The topological polar surface area (TPSA) is 9.72 Å². The molecule has 6 unspecified atom stereocenters. The van der Waals surface area contributed by atoms with Crippen LogP contribution in [-0.2, 0) is 0 Å². The first-order chi connectivity index (χ1) is 18.1. The molecular weight excluding hydrogens is 462 g/mol. The molecule has 38 heavy (non-hydrogen) atoms. The number of nitrogens with zero attached hydrogens (tertiary/aromatic N) is 3. The molecule has 3 heteroatoms. The number of hydrogen-bond acceptors (Lipinski definition) is 3. The molecule has 0 bridgehead atoms. The second kappa shape index (κ2) is 20.7. The van der Waals surface area contributed by atoms with Crippen LogP contribution < -0.4 is 0 Å². The predicted molar refractivity (Wildman–Crippen MR) is 172 cm³/mol. The second-order valence-electron chi connectivity index (χ2n) is 14.1. The fraction of sp³-hybridized carbons (Fsp3) is 1.00. The van der Waals surface area contributed by atoms with E-state index in [0.29, 0.717) is 0 Å². The maximum Gasteiger partial charge on any atom is 0.000691 e. The largest absolute Gasteiger partial charge is 0.306 e. The smallest absolute Gasteiger partial charge is 0.000691 e. The average Bonchev–Trinajstić information content (AvgIpc) is 3.82. The van der Waals surface area contributed by atoms with E-state index in [0.717, 1.165) is 41.4 Å². The van der Waals surface area contributed by atoms with Crippen molar-refractivity contribution in [1.29, 1.82) is 0 Å². The molecular formula is C35H73N3. The minimum Gasteiger partial charge on any atom is -0.306 e. The van der Waals surface area contributed by atoms with Gasteiger partial charge in [-0.3, -0.25) is 0 Å². The van der Waals surface area contributed by atoms with E-state index < -0.39 is 0 Å². The molecule has 3 saturated heterocycles. The highest BCUT2D eigenvalue weighted by Gasteiger charge is 2.30. The van der Waals surface area contributed by atoms with Gasteiger partial charge in [0.15, 0.2) is 0 Å². The maximum atomic E-state index is 2.54. The Balaban J connectivity index is 0.000000240. The zero-order chi connectivity index (χ0) is 28.5. The quantitative estimate of drug-likeness (QED) is 0.356. The van der Waals surface area contributed by atoms with Gasteiger partial charge in [-0.2, -0.15) is 0 Å². The standard InChI is InChI=1S/2C8H17N.C7H15N.2C6H12/c1-3-8-4-6-9(2)7-5-8;1-3-9-6-4-5-8(2)7-9;1-7-4-3-5-8(2)6-7;2*1-3-6-4-5(6)2/h2*8H,3-7H2,1-2H3;7H,3-6H2,1-2H3;2*5-6H,3-4H2,1-2H3. The number of piperidine rings is 3. The van der Waals surface area contributed by atoms with Gasteiger partial charge in [0.25, 0.3) is 0 Å². The van der Waals surface area contributed by atoms with E-state index in [9.17, 15) is 0 Å². The number of hydrogen-bond donors (Lipinski definition) is 0. The molecule has 5 aliphatic rings. The summed E-state index contributed by atoms with van der Waals surface area (Å²) in [7, 11) is 4.42. The van der Waals surface area contributed by atoms with E-state index in [4.69, 9.17) is 0 Å². The molecule has 3 nitrogen and oxygen atoms in total. The number of likely N-dealkylation sites (tertiary alicyclic amines) is 3. The van der Waals surface area contributed by atoms with Crippen molar-refractivity contribution < 1.29 is 0 Å². The van der Waals surface area contributed by atoms with Gasteiger partial charge in [-0.15, -0.1) is 0 Å². The van der Waals surface area contributed by atoms with Crippen LogP contribution in [0, 0.1) is 41.4 Å². The Morgan fingerprint density at radius 3 is 1.29 bits per heavy atom. The molecule has 5 fully saturated rings. The van der Waals surface area contributed by atoms with Gasteiger partial charge >= 0.3 is 0 Å². The summed E-state index contributed by atoms with van der Waals surface area (Å²) in [6.07, 6.45) is 15.7. The van der Waals surface area contributed by atoms with Crippen molar-refractivity contribution in [3.63, 3.8) is 0 Å². The van der Waals surface area contributed by atoms with E-state index in [1.165, 1.54) is 116 Å². The molecule has 0 aromatic carbocycles. The molecule has 0 aromatic rings. The van der Waals surface area contributed by atoms with Gasteiger partial charge in [-0.25, -0.2) is 0 Å². The van der Waals surface area contributed by atoms with Crippen molar-refractivity contribution >= 4 is 0 Å². The Hall–Kier alpha value is -0.120. The molecule has 6 atom stereocenters. The van der Waals surface area contributed by atoms with E-state index in [1.54, 1.807) is 0 Å². The molecule has 228 valence electrons. The monoisotopic (exact) mass is 536 g/mol. The Labute approximate surface area is 241 Å². The van der Waals surface area contributed by atoms with Gasteiger partial charge in [-0.05, 0) is 140 Å². The summed E-state index contributed by atoms with van der Waals surface area (Å²) in [6.45, 7) is 27.6. The zero-order valence-electron chi connectivity index (χ0n) is 28.1. The third-order valence-corrected chi connectivity index (χ3v) is 10.1. The van der Waals surface area contributed by atoms with Crippen molar-refractivity contribution in [3.05, 3.63) is 0 Å². The Morgan fingerprint density at radius 1 is 0.553 bits per heavy atom. The van der Waals surface area contributed by atoms with E-state index in [-0.39, 0.29) is 0 Å². The minimum absolute atomic E-state index is 0.939. The lowest BCUT2D eigenvalue weighted by atomic mass is 9.95. The molecule has 0 spiro atoms. The first kappa shape index (κ1) is 35.9. The van der Waals surface area contributed by atoms with E-state index >= 15 is 0 Å². The fourth-order valence-corrected chi connectivity index (χ4v) is 6.40. The van der Waals surface area contributed by atoms with E-state index in [1.807, 2.05) is 0 Å². The van der Waals surface area contributed by atoms with E-state index in [2.05, 4.69) is 84.2 Å².